The fourth-order valence-corrected chi connectivity index (χ4v) is 3.80. The summed E-state index contributed by atoms with van der Waals surface area (Å²) in [5.41, 5.74) is -0.0817. The van der Waals surface area contributed by atoms with E-state index in [0.717, 1.165) is 19.4 Å². The van der Waals surface area contributed by atoms with Crippen LogP contribution in [0.1, 0.15) is 33.6 Å². The van der Waals surface area contributed by atoms with Crippen molar-refractivity contribution in [3.05, 3.63) is 24.3 Å². The highest BCUT2D eigenvalue weighted by atomic mass is 32.2. The Labute approximate surface area is 131 Å². The molecule has 1 aliphatic rings. The molecule has 1 unspecified atom stereocenters. The second-order valence-corrected chi connectivity index (χ2v) is 8.20. The van der Waals surface area contributed by atoms with Gasteiger partial charge in [0.05, 0.1) is 10.9 Å². The summed E-state index contributed by atoms with van der Waals surface area (Å²) in [5.74, 6) is -0.129. The van der Waals surface area contributed by atoms with E-state index < -0.39 is 15.6 Å². The number of carbonyl (C=O) groups is 1. The Hall–Kier alpha value is -1.44. The quantitative estimate of drug-likeness (QED) is 0.782. The fourth-order valence-electron chi connectivity index (χ4n) is 2.34. The monoisotopic (exact) mass is 325 g/mol. The van der Waals surface area contributed by atoms with Crippen molar-refractivity contribution in [2.75, 3.05) is 11.9 Å². The van der Waals surface area contributed by atoms with Crippen LogP contribution in [-0.2, 0) is 14.8 Å². The van der Waals surface area contributed by atoms with Crippen molar-refractivity contribution in [3.8, 4) is 0 Å². The van der Waals surface area contributed by atoms with Crippen molar-refractivity contribution in [1.82, 2.24) is 10.0 Å². The molecule has 1 heterocycles. The summed E-state index contributed by atoms with van der Waals surface area (Å²) in [6, 6.07) is 6.09. The van der Waals surface area contributed by atoms with Gasteiger partial charge in [-0.15, -0.1) is 0 Å². The first-order valence-electron chi connectivity index (χ1n) is 7.36. The van der Waals surface area contributed by atoms with Gasteiger partial charge < -0.3 is 10.6 Å². The van der Waals surface area contributed by atoms with E-state index in [0.29, 0.717) is 5.69 Å². The highest BCUT2D eigenvalue weighted by Gasteiger charge is 2.24. The minimum Gasteiger partial charge on any atom is -0.325 e. The summed E-state index contributed by atoms with van der Waals surface area (Å²) in [6.45, 7) is 6.17. The van der Waals surface area contributed by atoms with E-state index in [4.69, 9.17) is 0 Å². The summed E-state index contributed by atoms with van der Waals surface area (Å²) in [4.78, 5) is 12.2. The zero-order chi connectivity index (χ0) is 16.4. The molecule has 2 rings (SSSR count). The molecule has 1 aromatic carbocycles. The summed E-state index contributed by atoms with van der Waals surface area (Å²) < 4.78 is 27.2. The van der Waals surface area contributed by atoms with Gasteiger partial charge in [-0.1, -0.05) is 6.07 Å². The minimum atomic E-state index is -3.61. The van der Waals surface area contributed by atoms with Crippen LogP contribution < -0.4 is 15.4 Å². The van der Waals surface area contributed by atoms with Crippen LogP contribution in [0.15, 0.2) is 29.2 Å². The SMILES string of the molecule is CC(C)(C)NS(=O)(=O)c1cccc(NC(=O)C2CCCN2)c1. The summed E-state index contributed by atoms with van der Waals surface area (Å²) in [6.07, 6.45) is 1.78. The van der Waals surface area contributed by atoms with Gasteiger partial charge >= 0.3 is 0 Å². The van der Waals surface area contributed by atoms with Gasteiger partial charge in [-0.05, 0) is 58.4 Å². The van der Waals surface area contributed by atoms with Crippen LogP contribution in [0.4, 0.5) is 5.69 Å². The maximum Gasteiger partial charge on any atom is 0.241 e. The third kappa shape index (κ3) is 4.53. The van der Waals surface area contributed by atoms with Crippen molar-refractivity contribution in [2.24, 2.45) is 0 Å². The largest absolute Gasteiger partial charge is 0.325 e. The molecule has 1 fully saturated rings. The van der Waals surface area contributed by atoms with Gasteiger partial charge in [-0.2, -0.15) is 0 Å². The normalized spacial score (nSPS) is 19.1. The van der Waals surface area contributed by atoms with Crippen molar-refractivity contribution in [3.63, 3.8) is 0 Å². The summed E-state index contributed by atoms with van der Waals surface area (Å²) in [7, 11) is -3.61. The van der Waals surface area contributed by atoms with Crippen LogP contribution in [0.3, 0.4) is 0 Å². The number of rotatable bonds is 4. The number of carbonyl (C=O) groups excluding carboxylic acids is 1. The number of hydrogen-bond acceptors (Lipinski definition) is 4. The molecular formula is C15H23N3O3S. The molecule has 1 saturated heterocycles. The average Bonchev–Trinajstić information content (AvgIpc) is 2.90. The molecule has 0 radical (unpaired) electrons. The molecule has 1 amide bonds. The molecule has 3 N–H and O–H groups in total. The molecular weight excluding hydrogens is 302 g/mol. The van der Waals surface area contributed by atoms with Crippen molar-refractivity contribution >= 4 is 21.6 Å². The van der Waals surface area contributed by atoms with Crippen molar-refractivity contribution < 1.29 is 13.2 Å². The average molecular weight is 325 g/mol. The van der Waals surface area contributed by atoms with Crippen LogP contribution in [0.25, 0.3) is 0 Å². The zero-order valence-electron chi connectivity index (χ0n) is 13.1. The van der Waals surface area contributed by atoms with Gasteiger partial charge in [0, 0.05) is 11.2 Å². The zero-order valence-corrected chi connectivity index (χ0v) is 14.0. The Kier molecular flexibility index (Phi) is 4.89. The Bertz CT molecular complexity index is 644. The number of benzene rings is 1. The predicted molar refractivity (Wildman–Crippen MR) is 86.2 cm³/mol. The van der Waals surface area contributed by atoms with Crippen LogP contribution in [0.2, 0.25) is 0 Å². The van der Waals surface area contributed by atoms with Crippen LogP contribution in [-0.4, -0.2) is 32.5 Å². The number of sulfonamides is 1. The third-order valence-corrected chi connectivity index (χ3v) is 4.98. The van der Waals surface area contributed by atoms with Gasteiger partial charge in [0.2, 0.25) is 15.9 Å². The van der Waals surface area contributed by atoms with Gasteiger partial charge in [-0.25, -0.2) is 13.1 Å². The Balaban J connectivity index is 2.14. The maximum atomic E-state index is 12.3. The van der Waals surface area contributed by atoms with Crippen molar-refractivity contribution in [1.29, 1.82) is 0 Å². The van der Waals surface area contributed by atoms with Gasteiger partial charge in [0.15, 0.2) is 0 Å². The highest BCUT2D eigenvalue weighted by molar-refractivity contribution is 7.89. The molecule has 1 aromatic rings. The van der Waals surface area contributed by atoms with Gasteiger partial charge in [0.25, 0.3) is 0 Å². The first-order chi connectivity index (χ1) is 10.2. The lowest BCUT2D eigenvalue weighted by Gasteiger charge is -2.20. The predicted octanol–water partition coefficient (Wildman–Crippen LogP) is 1.45. The molecule has 0 aliphatic carbocycles. The molecule has 0 spiro atoms. The molecule has 1 aliphatic heterocycles. The molecule has 0 saturated carbocycles. The Morgan fingerprint density at radius 1 is 1.32 bits per heavy atom. The number of amides is 1. The lowest BCUT2D eigenvalue weighted by atomic mass is 10.1. The molecule has 0 aromatic heterocycles. The standard InChI is InChI=1S/C15H23N3O3S/c1-15(2,3)18-22(20,21)12-7-4-6-11(10-12)17-14(19)13-8-5-9-16-13/h4,6-7,10,13,16,18H,5,8-9H2,1-3H3,(H,17,19). The molecule has 1 atom stereocenters. The molecule has 122 valence electrons. The van der Waals surface area contributed by atoms with E-state index in [1.54, 1.807) is 32.9 Å². The molecule has 7 heteroatoms. The van der Waals surface area contributed by atoms with Crippen LogP contribution in [0.5, 0.6) is 0 Å². The van der Waals surface area contributed by atoms with Gasteiger partial charge in [0.1, 0.15) is 0 Å². The fraction of sp³-hybridized carbons (Fsp3) is 0.533. The van der Waals surface area contributed by atoms with Crippen molar-refractivity contribution in [2.45, 2.75) is 50.1 Å². The first kappa shape index (κ1) is 16.9. The summed E-state index contributed by atoms with van der Waals surface area (Å²) in [5, 5.41) is 5.88. The smallest absolute Gasteiger partial charge is 0.241 e. The van der Waals surface area contributed by atoms with E-state index in [1.807, 2.05) is 0 Å². The van der Waals surface area contributed by atoms with E-state index in [1.165, 1.54) is 12.1 Å². The van der Waals surface area contributed by atoms with Crippen LogP contribution in [0, 0.1) is 0 Å². The minimum absolute atomic E-state index is 0.129. The van der Waals surface area contributed by atoms with Crippen LogP contribution >= 0.6 is 0 Å². The molecule has 0 bridgehead atoms. The third-order valence-electron chi connectivity index (χ3n) is 3.23. The molecule has 22 heavy (non-hydrogen) atoms. The van der Waals surface area contributed by atoms with E-state index in [-0.39, 0.29) is 16.8 Å². The number of hydrogen-bond donors (Lipinski definition) is 3. The Morgan fingerprint density at radius 2 is 2.05 bits per heavy atom. The lowest BCUT2D eigenvalue weighted by Crippen LogP contribution is -2.40. The second-order valence-electron chi connectivity index (χ2n) is 6.52. The Morgan fingerprint density at radius 3 is 2.64 bits per heavy atom. The number of anilines is 1. The maximum absolute atomic E-state index is 12.3. The number of nitrogens with one attached hydrogen (secondary N) is 3. The first-order valence-corrected chi connectivity index (χ1v) is 8.84. The van der Waals surface area contributed by atoms with E-state index >= 15 is 0 Å². The van der Waals surface area contributed by atoms with Gasteiger partial charge in [-0.3, -0.25) is 4.79 Å². The topological polar surface area (TPSA) is 87.3 Å². The van der Waals surface area contributed by atoms with E-state index in [2.05, 4.69) is 15.4 Å². The summed E-state index contributed by atoms with van der Waals surface area (Å²) >= 11 is 0. The second kappa shape index (κ2) is 6.36. The lowest BCUT2D eigenvalue weighted by molar-refractivity contribution is -0.117. The highest BCUT2D eigenvalue weighted by Crippen LogP contribution is 2.18. The molecule has 6 nitrogen and oxygen atoms in total. The van der Waals surface area contributed by atoms with E-state index in [9.17, 15) is 13.2 Å².